The van der Waals surface area contributed by atoms with Crippen molar-refractivity contribution in [3.05, 3.63) is 71.3 Å². The maximum atomic E-state index is 14.1. The van der Waals surface area contributed by atoms with Crippen LogP contribution in [0.4, 0.5) is 10.1 Å². The number of nitrogens with zero attached hydrogens (tertiary/aromatic N) is 2. The number of aromatic nitrogens is 1. The Kier molecular flexibility index (Phi) is 6.91. The lowest BCUT2D eigenvalue weighted by Gasteiger charge is -2.38. The highest BCUT2D eigenvalue weighted by atomic mass is 35.5. The Morgan fingerprint density at radius 3 is 2.80 bits per heavy atom. The summed E-state index contributed by atoms with van der Waals surface area (Å²) in [6.07, 6.45) is 9.23. The fourth-order valence-corrected chi connectivity index (χ4v) is 7.15. The van der Waals surface area contributed by atoms with Crippen LogP contribution >= 0.6 is 11.6 Å². The Bertz CT molecular complexity index is 1370. The lowest BCUT2D eigenvalue weighted by Crippen LogP contribution is -2.57. The Hall–Kier alpha value is -3.30. The quantitative estimate of drug-likeness (QED) is 0.513. The van der Waals surface area contributed by atoms with Crippen LogP contribution in [0.2, 0.25) is 5.02 Å². The average Bonchev–Trinajstić information content (AvgIpc) is 3.57. The number of nitrogens with one attached hydrogen (secondary N) is 2. The van der Waals surface area contributed by atoms with Crippen molar-refractivity contribution < 1.29 is 23.5 Å². The normalized spacial score (nSPS) is 34.1. The van der Waals surface area contributed by atoms with E-state index in [4.69, 9.17) is 16.3 Å². The fourth-order valence-electron chi connectivity index (χ4n) is 6.97. The zero-order valence-electron chi connectivity index (χ0n) is 22.3. The molecule has 1 aromatic heterocycles. The van der Waals surface area contributed by atoms with Gasteiger partial charge in [-0.25, -0.2) is 4.39 Å². The lowest BCUT2D eigenvalue weighted by molar-refractivity contribution is -0.142. The number of carbonyl (C=O) groups is 3. The number of anilines is 1. The van der Waals surface area contributed by atoms with Crippen molar-refractivity contribution in [2.45, 2.75) is 63.4 Å². The van der Waals surface area contributed by atoms with Gasteiger partial charge in [-0.3, -0.25) is 19.4 Å². The SMILES string of the molecule is C[C@H]1[C@H](C)CCC[C@@H]1NC(=O)[C@@H]1N(Cc2cccnc2)C(=O)[C@H]2[C@@H](C(=O)Nc3ccc(F)c(Cl)c3)[C@H]3C=C[C@@]12O3. The molecule has 40 heavy (non-hydrogen) atoms. The molecule has 8 atom stereocenters. The first-order valence-electron chi connectivity index (χ1n) is 13.8. The van der Waals surface area contributed by atoms with Gasteiger partial charge in [-0.15, -0.1) is 0 Å². The molecule has 2 bridgehead atoms. The molecule has 3 fully saturated rings. The first-order chi connectivity index (χ1) is 19.2. The number of carbonyl (C=O) groups excluding carboxylic acids is 3. The van der Waals surface area contributed by atoms with Gasteiger partial charge in [0.2, 0.25) is 17.7 Å². The van der Waals surface area contributed by atoms with Crippen molar-refractivity contribution in [3.63, 3.8) is 0 Å². The summed E-state index contributed by atoms with van der Waals surface area (Å²) in [7, 11) is 0. The highest BCUT2D eigenvalue weighted by Crippen LogP contribution is 2.55. The molecule has 4 heterocycles. The minimum atomic E-state index is -1.28. The molecule has 8 nitrogen and oxygen atoms in total. The third-order valence-electron chi connectivity index (χ3n) is 9.22. The third-order valence-corrected chi connectivity index (χ3v) is 9.51. The molecule has 10 heteroatoms. The number of likely N-dealkylation sites (tertiary alicyclic amines) is 1. The minimum Gasteiger partial charge on any atom is -0.359 e. The molecule has 2 aromatic rings. The smallest absolute Gasteiger partial charge is 0.246 e. The summed E-state index contributed by atoms with van der Waals surface area (Å²) < 4.78 is 20.1. The molecule has 1 aliphatic carbocycles. The zero-order chi connectivity index (χ0) is 28.2. The van der Waals surface area contributed by atoms with Crippen LogP contribution in [-0.2, 0) is 25.7 Å². The number of hydrogen-bond donors (Lipinski definition) is 2. The highest BCUT2D eigenvalue weighted by molar-refractivity contribution is 6.31. The van der Waals surface area contributed by atoms with E-state index in [0.29, 0.717) is 17.5 Å². The van der Waals surface area contributed by atoms with Gasteiger partial charge >= 0.3 is 0 Å². The van der Waals surface area contributed by atoms with Crippen LogP contribution in [0.25, 0.3) is 0 Å². The van der Waals surface area contributed by atoms with Gasteiger partial charge in [-0.1, -0.05) is 56.5 Å². The van der Waals surface area contributed by atoms with E-state index in [-0.39, 0.29) is 29.4 Å². The van der Waals surface area contributed by atoms with Crippen LogP contribution in [0.5, 0.6) is 0 Å². The second kappa shape index (κ2) is 10.3. The van der Waals surface area contributed by atoms with Crippen LogP contribution in [0.1, 0.15) is 38.7 Å². The van der Waals surface area contributed by atoms with Gasteiger partial charge < -0.3 is 20.3 Å². The average molecular weight is 567 g/mol. The number of amides is 3. The van der Waals surface area contributed by atoms with E-state index >= 15 is 0 Å². The molecular weight excluding hydrogens is 535 g/mol. The van der Waals surface area contributed by atoms with Gasteiger partial charge in [0.05, 0.1) is 23.0 Å². The van der Waals surface area contributed by atoms with Crippen molar-refractivity contribution in [2.75, 3.05) is 5.32 Å². The molecule has 3 amide bonds. The van der Waals surface area contributed by atoms with Gasteiger partial charge in [-0.2, -0.15) is 0 Å². The second-order valence-electron chi connectivity index (χ2n) is 11.5. The lowest BCUT2D eigenvalue weighted by atomic mass is 9.73. The summed E-state index contributed by atoms with van der Waals surface area (Å²) in [6, 6.07) is 6.57. The third kappa shape index (κ3) is 4.39. The number of halogens is 2. The molecule has 210 valence electrons. The summed E-state index contributed by atoms with van der Waals surface area (Å²) in [5, 5.41) is 5.89. The standard InChI is InChI=1S/C30H32ClFN4O4/c1-16-5-3-7-22(17(16)2)35-28(38)26-30-11-10-23(40-30)24(27(37)34-19-8-9-21(32)20(31)13-19)25(30)29(39)36(26)15-18-6-4-12-33-14-18/h4,6,8-14,16-17,22-26H,3,5,7,15H2,1-2H3,(H,34,37)(H,35,38)/t16-,17+,22+,23-,24+,25-,26+,30+/m1/s1. The van der Waals surface area contributed by atoms with Gasteiger partial charge in [0, 0.05) is 30.7 Å². The summed E-state index contributed by atoms with van der Waals surface area (Å²) in [4.78, 5) is 47.5. The first-order valence-corrected chi connectivity index (χ1v) is 14.2. The maximum absolute atomic E-state index is 14.1. The Labute approximate surface area is 237 Å². The van der Waals surface area contributed by atoms with Crippen molar-refractivity contribution in [1.29, 1.82) is 0 Å². The highest BCUT2D eigenvalue weighted by Gasteiger charge is 2.72. The molecule has 0 unspecified atom stereocenters. The number of hydrogen-bond acceptors (Lipinski definition) is 5. The summed E-state index contributed by atoms with van der Waals surface area (Å²) in [6.45, 7) is 4.51. The van der Waals surface area contributed by atoms with Crippen molar-refractivity contribution in [2.24, 2.45) is 23.7 Å². The van der Waals surface area contributed by atoms with Crippen molar-refractivity contribution in [1.82, 2.24) is 15.2 Å². The van der Waals surface area contributed by atoms with E-state index in [1.807, 2.05) is 6.07 Å². The summed E-state index contributed by atoms with van der Waals surface area (Å²) in [5.41, 5.74) is -0.199. The Morgan fingerprint density at radius 2 is 2.05 bits per heavy atom. The topological polar surface area (TPSA) is 101 Å². The largest absolute Gasteiger partial charge is 0.359 e. The van der Waals surface area contributed by atoms with E-state index in [1.165, 1.54) is 23.1 Å². The Morgan fingerprint density at radius 1 is 1.23 bits per heavy atom. The molecule has 4 aliphatic rings. The molecule has 6 rings (SSSR count). The van der Waals surface area contributed by atoms with Crippen LogP contribution in [-0.4, -0.2) is 51.4 Å². The number of benzene rings is 1. The van der Waals surface area contributed by atoms with Crippen molar-refractivity contribution in [3.8, 4) is 0 Å². The van der Waals surface area contributed by atoms with Crippen LogP contribution in [0.3, 0.4) is 0 Å². The molecule has 1 spiro atoms. The summed E-state index contributed by atoms with van der Waals surface area (Å²) in [5.74, 6) is -2.63. The van der Waals surface area contributed by atoms with Gasteiger partial charge in [0.15, 0.2) is 0 Å². The zero-order valence-corrected chi connectivity index (χ0v) is 23.1. The number of ether oxygens (including phenoxy) is 1. The predicted octanol–water partition coefficient (Wildman–Crippen LogP) is 4.10. The number of rotatable bonds is 6. The van der Waals surface area contributed by atoms with Gasteiger partial charge in [0.1, 0.15) is 17.5 Å². The van der Waals surface area contributed by atoms with E-state index in [9.17, 15) is 18.8 Å². The molecular formula is C30H32ClFN4O4. The summed E-state index contributed by atoms with van der Waals surface area (Å²) >= 11 is 5.91. The van der Waals surface area contributed by atoms with Crippen molar-refractivity contribution >= 4 is 35.0 Å². The molecule has 1 saturated carbocycles. The molecule has 3 aliphatic heterocycles. The first kappa shape index (κ1) is 26.9. The van der Waals surface area contributed by atoms with Gasteiger partial charge in [0.25, 0.3) is 0 Å². The van der Waals surface area contributed by atoms with E-state index in [1.54, 1.807) is 30.6 Å². The van der Waals surface area contributed by atoms with E-state index in [0.717, 1.165) is 24.8 Å². The minimum absolute atomic E-state index is 0.00746. The number of pyridine rings is 1. The molecule has 1 aromatic carbocycles. The molecule has 2 saturated heterocycles. The monoisotopic (exact) mass is 566 g/mol. The van der Waals surface area contributed by atoms with Gasteiger partial charge in [-0.05, 0) is 48.1 Å². The van der Waals surface area contributed by atoms with Crippen LogP contribution in [0.15, 0.2) is 54.9 Å². The fraction of sp³-hybridized carbons (Fsp3) is 0.467. The van der Waals surface area contributed by atoms with Crippen LogP contribution in [0, 0.1) is 29.5 Å². The predicted molar refractivity (Wildman–Crippen MR) is 146 cm³/mol. The maximum Gasteiger partial charge on any atom is 0.246 e. The second-order valence-corrected chi connectivity index (χ2v) is 11.9. The van der Waals surface area contributed by atoms with E-state index in [2.05, 4.69) is 29.5 Å². The molecule has 2 N–H and O–H groups in total. The number of fused-ring (bicyclic) bond motifs is 1. The van der Waals surface area contributed by atoms with Crippen LogP contribution < -0.4 is 10.6 Å². The molecule has 0 radical (unpaired) electrons. The van der Waals surface area contributed by atoms with E-state index < -0.39 is 41.3 Å². The Balaban J connectivity index is 1.32.